The molecule has 1 aromatic heterocycles. The number of hydrogen-bond donors (Lipinski definition) is 1. The van der Waals surface area contributed by atoms with Gasteiger partial charge in [-0.2, -0.15) is 0 Å². The maximum Gasteiger partial charge on any atom is 0.313 e. The molecule has 0 saturated heterocycles. The van der Waals surface area contributed by atoms with E-state index in [0.29, 0.717) is 15.9 Å². The van der Waals surface area contributed by atoms with Crippen molar-refractivity contribution in [1.82, 2.24) is 9.97 Å². The molecule has 6 heteroatoms. The molecular weight excluding hydrogens is 296 g/mol. The minimum absolute atomic E-state index is 0.0294. The zero-order chi connectivity index (χ0) is 14.9. The van der Waals surface area contributed by atoms with Gasteiger partial charge in [-0.3, -0.25) is 4.79 Å². The van der Waals surface area contributed by atoms with E-state index in [2.05, 4.69) is 9.97 Å². The highest BCUT2D eigenvalue weighted by Crippen LogP contribution is 2.30. The molecule has 0 saturated carbocycles. The minimum Gasteiger partial charge on any atom is -0.481 e. The van der Waals surface area contributed by atoms with Crippen LogP contribution in [0.1, 0.15) is 26.6 Å². The number of fused-ring (bicyclic) bond motifs is 1. The van der Waals surface area contributed by atoms with Crippen LogP contribution in [0, 0.1) is 0 Å². The number of carboxylic acids is 1. The third kappa shape index (κ3) is 3.41. The van der Waals surface area contributed by atoms with Crippen LogP contribution in [-0.4, -0.2) is 26.8 Å². The number of aromatic nitrogens is 2. The van der Waals surface area contributed by atoms with Crippen LogP contribution in [0.15, 0.2) is 23.2 Å². The first-order valence-electron chi connectivity index (χ1n) is 6.10. The molecule has 0 fully saturated rings. The Morgan fingerprint density at radius 3 is 2.65 bits per heavy atom. The molecule has 1 heterocycles. The Kier molecular flexibility index (Phi) is 4.20. The molecule has 4 nitrogen and oxygen atoms in total. The van der Waals surface area contributed by atoms with Gasteiger partial charge in [0.05, 0.1) is 11.3 Å². The summed E-state index contributed by atoms with van der Waals surface area (Å²) in [6.45, 7) is 6.05. The van der Waals surface area contributed by atoms with E-state index in [1.54, 1.807) is 12.1 Å². The van der Waals surface area contributed by atoms with E-state index in [1.165, 1.54) is 11.8 Å². The first-order valence-corrected chi connectivity index (χ1v) is 7.46. The van der Waals surface area contributed by atoms with E-state index in [0.717, 1.165) is 10.9 Å². The smallest absolute Gasteiger partial charge is 0.313 e. The van der Waals surface area contributed by atoms with Gasteiger partial charge in [0.1, 0.15) is 10.9 Å². The average molecular weight is 311 g/mol. The maximum absolute atomic E-state index is 10.8. The highest BCUT2D eigenvalue weighted by Gasteiger charge is 2.20. The summed E-state index contributed by atoms with van der Waals surface area (Å²) < 4.78 is 0. The topological polar surface area (TPSA) is 63.1 Å². The van der Waals surface area contributed by atoms with Crippen LogP contribution in [0.4, 0.5) is 0 Å². The molecule has 0 spiro atoms. The Hall–Kier alpha value is -1.33. The molecule has 0 unspecified atom stereocenters. The maximum atomic E-state index is 10.8. The number of thioether (sulfide) groups is 1. The fraction of sp³-hybridized carbons (Fsp3) is 0.357. The van der Waals surface area contributed by atoms with Crippen molar-refractivity contribution in [2.75, 3.05) is 5.75 Å². The summed E-state index contributed by atoms with van der Waals surface area (Å²) in [6.07, 6.45) is 0. The van der Waals surface area contributed by atoms with Crippen molar-refractivity contribution in [3.05, 3.63) is 29.0 Å². The molecular formula is C14H15ClN2O2S. The number of aliphatic carboxylic acids is 1. The average Bonchev–Trinajstić information content (AvgIpc) is 2.33. The van der Waals surface area contributed by atoms with Crippen molar-refractivity contribution in [1.29, 1.82) is 0 Å². The van der Waals surface area contributed by atoms with Crippen LogP contribution >= 0.6 is 23.4 Å². The Labute approximate surface area is 126 Å². The number of carboxylic acid groups (broad SMARTS) is 1. The minimum atomic E-state index is -0.868. The zero-order valence-electron chi connectivity index (χ0n) is 11.5. The van der Waals surface area contributed by atoms with Gasteiger partial charge in [-0.1, -0.05) is 44.1 Å². The van der Waals surface area contributed by atoms with Crippen LogP contribution in [0.25, 0.3) is 10.9 Å². The van der Waals surface area contributed by atoms with Crippen LogP contribution in [-0.2, 0) is 10.2 Å². The predicted octanol–water partition coefficient (Wildman–Crippen LogP) is 3.76. The first kappa shape index (κ1) is 15.1. The van der Waals surface area contributed by atoms with Gasteiger partial charge in [0, 0.05) is 15.8 Å². The lowest BCUT2D eigenvalue weighted by Gasteiger charge is -2.18. The lowest BCUT2D eigenvalue weighted by molar-refractivity contribution is -0.133. The first-order chi connectivity index (χ1) is 9.27. The quantitative estimate of drug-likeness (QED) is 0.691. The largest absolute Gasteiger partial charge is 0.481 e. The van der Waals surface area contributed by atoms with Crippen molar-refractivity contribution in [2.45, 2.75) is 31.2 Å². The summed E-state index contributed by atoms with van der Waals surface area (Å²) in [5.41, 5.74) is 0.528. The molecule has 0 aliphatic heterocycles. The summed E-state index contributed by atoms with van der Waals surface area (Å²) in [7, 11) is 0. The lowest BCUT2D eigenvalue weighted by atomic mass is 9.95. The Balaban J connectivity index is 2.60. The number of carbonyl (C=O) groups is 1. The third-order valence-electron chi connectivity index (χ3n) is 2.63. The second kappa shape index (κ2) is 5.58. The van der Waals surface area contributed by atoms with Crippen molar-refractivity contribution in [2.24, 2.45) is 0 Å². The highest BCUT2D eigenvalue weighted by atomic mass is 35.5. The van der Waals surface area contributed by atoms with E-state index in [1.807, 2.05) is 26.8 Å². The molecule has 0 radical (unpaired) electrons. The molecule has 1 N–H and O–H groups in total. The normalized spacial score (nSPS) is 11.8. The molecule has 20 heavy (non-hydrogen) atoms. The molecule has 0 bridgehead atoms. The number of rotatable bonds is 3. The van der Waals surface area contributed by atoms with Crippen molar-refractivity contribution in [3.63, 3.8) is 0 Å². The standard InChI is InChI=1S/C14H15ClN2O2S/c1-14(2,3)13-16-10-6-8(15)4-5-9(10)12(17-13)20-7-11(18)19/h4-6H,7H2,1-3H3,(H,18,19). The summed E-state index contributed by atoms with van der Waals surface area (Å²) in [6, 6.07) is 5.36. The van der Waals surface area contributed by atoms with Gasteiger partial charge in [0.15, 0.2) is 0 Å². The summed E-state index contributed by atoms with van der Waals surface area (Å²) in [5, 5.41) is 10.9. The number of nitrogens with zero attached hydrogens (tertiary/aromatic N) is 2. The van der Waals surface area contributed by atoms with Crippen LogP contribution in [0.5, 0.6) is 0 Å². The Morgan fingerprint density at radius 2 is 2.05 bits per heavy atom. The Morgan fingerprint density at radius 1 is 1.35 bits per heavy atom. The third-order valence-corrected chi connectivity index (χ3v) is 3.84. The van der Waals surface area contributed by atoms with Crippen molar-refractivity contribution >= 4 is 40.2 Å². The second-order valence-corrected chi connectivity index (χ2v) is 6.85. The molecule has 2 aromatic rings. The molecule has 0 aliphatic carbocycles. The van der Waals surface area contributed by atoms with E-state index >= 15 is 0 Å². The number of halogens is 1. The van der Waals surface area contributed by atoms with E-state index < -0.39 is 5.97 Å². The van der Waals surface area contributed by atoms with Gasteiger partial charge in [-0.15, -0.1) is 0 Å². The van der Waals surface area contributed by atoms with E-state index in [9.17, 15) is 4.79 Å². The van der Waals surface area contributed by atoms with Gasteiger partial charge in [0.2, 0.25) is 0 Å². The predicted molar refractivity (Wildman–Crippen MR) is 81.6 cm³/mol. The number of hydrogen-bond acceptors (Lipinski definition) is 4. The van der Waals surface area contributed by atoms with Crippen molar-refractivity contribution < 1.29 is 9.90 Å². The SMILES string of the molecule is CC(C)(C)c1nc(SCC(=O)O)c2ccc(Cl)cc2n1. The molecule has 0 aliphatic rings. The molecule has 106 valence electrons. The fourth-order valence-corrected chi connectivity index (χ4v) is 2.55. The van der Waals surface area contributed by atoms with Gasteiger partial charge in [-0.25, -0.2) is 9.97 Å². The van der Waals surface area contributed by atoms with E-state index in [4.69, 9.17) is 16.7 Å². The summed E-state index contributed by atoms with van der Waals surface area (Å²) >= 11 is 7.20. The monoisotopic (exact) mass is 310 g/mol. The van der Waals surface area contributed by atoms with E-state index in [-0.39, 0.29) is 11.2 Å². The molecule has 0 amide bonds. The van der Waals surface area contributed by atoms with Crippen LogP contribution in [0.2, 0.25) is 5.02 Å². The second-order valence-electron chi connectivity index (χ2n) is 5.45. The Bertz CT molecular complexity index is 668. The lowest BCUT2D eigenvalue weighted by Crippen LogP contribution is -2.16. The van der Waals surface area contributed by atoms with Crippen molar-refractivity contribution in [3.8, 4) is 0 Å². The van der Waals surface area contributed by atoms with Gasteiger partial charge >= 0.3 is 5.97 Å². The summed E-state index contributed by atoms with van der Waals surface area (Å²) in [5.74, 6) is -0.216. The summed E-state index contributed by atoms with van der Waals surface area (Å²) in [4.78, 5) is 19.8. The van der Waals surface area contributed by atoms with Gasteiger partial charge in [0.25, 0.3) is 0 Å². The van der Waals surface area contributed by atoms with Crippen LogP contribution < -0.4 is 0 Å². The molecule has 0 atom stereocenters. The fourth-order valence-electron chi connectivity index (χ4n) is 1.65. The van der Waals surface area contributed by atoms with Crippen LogP contribution in [0.3, 0.4) is 0 Å². The zero-order valence-corrected chi connectivity index (χ0v) is 13.0. The molecule has 1 aromatic carbocycles. The number of benzene rings is 1. The highest BCUT2D eigenvalue weighted by molar-refractivity contribution is 8.00. The van der Waals surface area contributed by atoms with Gasteiger partial charge < -0.3 is 5.11 Å². The molecule has 2 rings (SSSR count). The van der Waals surface area contributed by atoms with Gasteiger partial charge in [-0.05, 0) is 18.2 Å².